The Morgan fingerprint density at radius 3 is 2.32 bits per heavy atom. The van der Waals surface area contributed by atoms with Crippen LogP contribution in [0.2, 0.25) is 0 Å². The van der Waals surface area contributed by atoms with Gasteiger partial charge in [-0.3, -0.25) is 9.59 Å². The number of hydrogen-bond donors (Lipinski definition) is 1. The Hall–Kier alpha value is -3.59. The van der Waals surface area contributed by atoms with E-state index >= 15 is 0 Å². The number of methoxy groups -OCH3 is 3. The van der Waals surface area contributed by atoms with E-state index in [1.165, 1.54) is 32.3 Å². The minimum absolute atomic E-state index is 0.0230. The molecule has 1 atom stereocenters. The molecule has 0 bridgehead atoms. The molecule has 0 radical (unpaired) electrons. The molecule has 31 heavy (non-hydrogen) atoms. The van der Waals surface area contributed by atoms with Gasteiger partial charge in [-0.25, -0.2) is 4.39 Å². The second kappa shape index (κ2) is 7.92. The number of nitrogens with zero attached hydrogens (tertiary/aromatic N) is 1. The predicted octanol–water partition coefficient (Wildman–Crippen LogP) is 2.50. The van der Waals surface area contributed by atoms with E-state index in [4.69, 9.17) is 18.6 Å². The van der Waals surface area contributed by atoms with Crippen molar-refractivity contribution in [3.63, 3.8) is 0 Å². The van der Waals surface area contributed by atoms with Gasteiger partial charge in [-0.15, -0.1) is 0 Å². The number of amides is 1. The number of hydrogen-bond acceptors (Lipinski definition) is 7. The molecule has 0 fully saturated rings. The van der Waals surface area contributed by atoms with Gasteiger partial charge in [-0.1, -0.05) is 0 Å². The van der Waals surface area contributed by atoms with Crippen LogP contribution >= 0.6 is 0 Å². The molecule has 0 aliphatic carbocycles. The first-order valence-electron chi connectivity index (χ1n) is 9.43. The zero-order chi connectivity index (χ0) is 22.3. The third kappa shape index (κ3) is 3.17. The molecule has 0 saturated carbocycles. The van der Waals surface area contributed by atoms with Crippen LogP contribution in [0.15, 0.2) is 39.5 Å². The summed E-state index contributed by atoms with van der Waals surface area (Å²) in [4.78, 5) is 27.7. The quantitative estimate of drug-likeness (QED) is 0.643. The summed E-state index contributed by atoms with van der Waals surface area (Å²) >= 11 is 0. The van der Waals surface area contributed by atoms with Crippen LogP contribution in [0.25, 0.3) is 11.0 Å². The average Bonchev–Trinajstić information content (AvgIpc) is 3.05. The number of carbonyl (C=O) groups excluding carboxylic acids is 1. The van der Waals surface area contributed by atoms with E-state index in [1.54, 1.807) is 12.1 Å². The summed E-state index contributed by atoms with van der Waals surface area (Å²) in [6.45, 7) is -0.377. The van der Waals surface area contributed by atoms with Crippen molar-refractivity contribution in [1.82, 2.24) is 4.90 Å². The number of aliphatic hydroxyl groups excluding tert-OH is 1. The lowest BCUT2D eigenvalue weighted by atomic mass is 9.97. The Bertz CT molecular complexity index is 1210. The fourth-order valence-corrected chi connectivity index (χ4v) is 3.94. The molecule has 0 spiro atoms. The Kier molecular flexibility index (Phi) is 5.28. The summed E-state index contributed by atoms with van der Waals surface area (Å²) in [7, 11) is 4.36. The summed E-state index contributed by atoms with van der Waals surface area (Å²) in [6.07, 6.45) is 0. The van der Waals surface area contributed by atoms with Crippen LogP contribution in [0.3, 0.4) is 0 Å². The van der Waals surface area contributed by atoms with E-state index in [9.17, 15) is 19.1 Å². The molecule has 2 heterocycles. The number of carbonyl (C=O) groups is 1. The summed E-state index contributed by atoms with van der Waals surface area (Å²) in [5, 5.41) is 9.57. The molecule has 9 heteroatoms. The molecule has 4 rings (SSSR count). The minimum Gasteiger partial charge on any atom is -0.493 e. The fourth-order valence-electron chi connectivity index (χ4n) is 3.94. The number of ether oxygens (including phenoxy) is 3. The van der Waals surface area contributed by atoms with E-state index in [2.05, 4.69) is 0 Å². The summed E-state index contributed by atoms with van der Waals surface area (Å²) < 4.78 is 35.7. The van der Waals surface area contributed by atoms with Crippen LogP contribution in [0.5, 0.6) is 17.2 Å². The van der Waals surface area contributed by atoms with Crippen molar-refractivity contribution in [2.45, 2.75) is 6.04 Å². The van der Waals surface area contributed by atoms with Crippen LogP contribution in [-0.4, -0.2) is 50.4 Å². The van der Waals surface area contributed by atoms with Gasteiger partial charge in [0.1, 0.15) is 11.4 Å². The first-order valence-corrected chi connectivity index (χ1v) is 9.43. The Labute approximate surface area is 176 Å². The van der Waals surface area contributed by atoms with Gasteiger partial charge in [0.05, 0.1) is 44.9 Å². The number of aliphatic hydroxyl groups is 1. The number of rotatable bonds is 6. The molecular formula is C22H20FNO7. The number of β-amino-alcohol motifs (C(OH)–C–C–N with tert-alkyl or cyclic N) is 1. The van der Waals surface area contributed by atoms with Gasteiger partial charge >= 0.3 is 0 Å². The SMILES string of the molecule is COc1cc(C2c3c(oc4ccc(F)cc4c3=O)C(=O)N2CCO)cc(OC)c1OC. The van der Waals surface area contributed by atoms with Crippen molar-refractivity contribution < 1.29 is 32.9 Å². The van der Waals surface area contributed by atoms with E-state index in [-0.39, 0.29) is 35.4 Å². The molecule has 8 nitrogen and oxygen atoms in total. The van der Waals surface area contributed by atoms with E-state index in [1.807, 2.05) is 0 Å². The van der Waals surface area contributed by atoms with Crippen LogP contribution in [0.1, 0.15) is 27.7 Å². The number of fused-ring (bicyclic) bond motifs is 2. The van der Waals surface area contributed by atoms with Gasteiger partial charge in [0, 0.05) is 6.54 Å². The van der Waals surface area contributed by atoms with Gasteiger partial charge in [-0.2, -0.15) is 0 Å². The summed E-state index contributed by atoms with van der Waals surface area (Å²) in [6, 6.07) is 5.88. The normalized spacial score (nSPS) is 15.3. The third-order valence-corrected chi connectivity index (χ3v) is 5.27. The largest absolute Gasteiger partial charge is 0.493 e. The number of halogens is 1. The molecule has 1 aromatic heterocycles. The zero-order valence-corrected chi connectivity index (χ0v) is 17.1. The maximum Gasteiger partial charge on any atom is 0.290 e. The molecule has 1 amide bonds. The monoisotopic (exact) mass is 429 g/mol. The topological polar surface area (TPSA) is 98.4 Å². The lowest BCUT2D eigenvalue weighted by Gasteiger charge is -2.25. The molecule has 162 valence electrons. The van der Waals surface area contributed by atoms with Gasteiger partial charge in [0.15, 0.2) is 16.9 Å². The maximum atomic E-state index is 13.8. The van der Waals surface area contributed by atoms with Gasteiger partial charge in [-0.05, 0) is 35.9 Å². The van der Waals surface area contributed by atoms with Crippen LogP contribution < -0.4 is 19.6 Å². The first-order chi connectivity index (χ1) is 14.9. The van der Waals surface area contributed by atoms with Crippen LogP contribution in [0.4, 0.5) is 4.39 Å². The van der Waals surface area contributed by atoms with E-state index < -0.39 is 23.2 Å². The Balaban J connectivity index is 2.02. The van der Waals surface area contributed by atoms with Gasteiger partial charge in [0.2, 0.25) is 11.5 Å². The Morgan fingerprint density at radius 2 is 1.74 bits per heavy atom. The molecule has 0 saturated heterocycles. The summed E-state index contributed by atoms with van der Waals surface area (Å²) in [5.74, 6) is -0.279. The van der Waals surface area contributed by atoms with Crippen molar-refractivity contribution in [3.8, 4) is 17.2 Å². The second-order valence-corrected chi connectivity index (χ2v) is 6.90. The predicted molar refractivity (Wildman–Crippen MR) is 109 cm³/mol. The standard InChI is InChI=1S/C22H20FNO7/c1-28-15-8-11(9-16(29-2)20(15)30-3)18-17-19(26)13-10-12(23)4-5-14(13)31-21(17)22(27)24(18)6-7-25/h4-5,8-10,18,25H,6-7H2,1-3H3. The molecule has 1 N–H and O–H groups in total. The van der Waals surface area contributed by atoms with Crippen molar-refractivity contribution in [2.24, 2.45) is 0 Å². The highest BCUT2D eigenvalue weighted by Gasteiger charge is 2.43. The van der Waals surface area contributed by atoms with Crippen molar-refractivity contribution >= 4 is 16.9 Å². The van der Waals surface area contributed by atoms with Crippen LogP contribution in [-0.2, 0) is 0 Å². The highest BCUT2D eigenvalue weighted by atomic mass is 19.1. The molecule has 1 unspecified atom stereocenters. The van der Waals surface area contributed by atoms with E-state index in [0.717, 1.165) is 12.1 Å². The van der Waals surface area contributed by atoms with Crippen molar-refractivity contribution in [2.75, 3.05) is 34.5 Å². The molecule has 2 aromatic carbocycles. The molecule has 1 aliphatic heterocycles. The van der Waals surface area contributed by atoms with E-state index in [0.29, 0.717) is 22.8 Å². The smallest absolute Gasteiger partial charge is 0.290 e. The summed E-state index contributed by atoms with van der Waals surface area (Å²) in [5.41, 5.74) is 0.125. The highest BCUT2D eigenvalue weighted by molar-refractivity contribution is 5.99. The third-order valence-electron chi connectivity index (χ3n) is 5.27. The maximum absolute atomic E-state index is 13.8. The molecule has 1 aliphatic rings. The van der Waals surface area contributed by atoms with Crippen molar-refractivity contribution in [1.29, 1.82) is 0 Å². The lowest BCUT2D eigenvalue weighted by Crippen LogP contribution is -2.32. The Morgan fingerprint density at radius 1 is 1.06 bits per heavy atom. The lowest BCUT2D eigenvalue weighted by molar-refractivity contribution is 0.0691. The average molecular weight is 429 g/mol. The first kappa shape index (κ1) is 20.7. The van der Waals surface area contributed by atoms with Crippen LogP contribution in [0, 0.1) is 5.82 Å². The zero-order valence-electron chi connectivity index (χ0n) is 17.1. The van der Waals surface area contributed by atoms with Gasteiger partial charge in [0.25, 0.3) is 5.91 Å². The molecule has 3 aromatic rings. The minimum atomic E-state index is -0.896. The number of benzene rings is 2. The highest BCUT2D eigenvalue weighted by Crippen LogP contribution is 2.44. The van der Waals surface area contributed by atoms with Gasteiger partial charge < -0.3 is 28.6 Å². The molecular weight excluding hydrogens is 409 g/mol. The van der Waals surface area contributed by atoms with Crippen molar-refractivity contribution in [3.05, 3.63) is 63.3 Å². The second-order valence-electron chi connectivity index (χ2n) is 6.90. The fraction of sp³-hybridized carbons (Fsp3) is 0.273.